The average molecular weight is 127 g/mol. The topological polar surface area (TPSA) is 12.0 Å². The minimum Gasteiger partial charge on any atom is -0.312 e. The monoisotopic (exact) mass is 127 g/mol. The van der Waals surface area contributed by atoms with Crippen LogP contribution in [0.15, 0.2) is 0 Å². The Balaban J connectivity index is 2.04. The van der Waals surface area contributed by atoms with Gasteiger partial charge in [-0.3, -0.25) is 0 Å². The molecule has 1 aliphatic rings. The average Bonchev–Trinajstić information content (AvgIpc) is 1.60. The lowest BCUT2D eigenvalue weighted by atomic mass is 9.81. The molecule has 54 valence electrons. The Labute approximate surface area is 57.8 Å². The van der Waals surface area contributed by atoms with Gasteiger partial charge in [-0.2, -0.15) is 0 Å². The van der Waals surface area contributed by atoms with Crippen LogP contribution in [0, 0.1) is 5.92 Å². The summed E-state index contributed by atoms with van der Waals surface area (Å²) < 4.78 is 0. The van der Waals surface area contributed by atoms with E-state index in [1.54, 1.807) is 0 Å². The molecular formula is C8H17N. The summed E-state index contributed by atoms with van der Waals surface area (Å²) in [6, 6.07) is 1.50. The van der Waals surface area contributed by atoms with E-state index in [0.717, 1.165) is 12.0 Å². The SMILES string of the molecule is CC(C)N[C@H]1C[C@H](C)C1. The summed E-state index contributed by atoms with van der Waals surface area (Å²) in [6.07, 6.45) is 2.77. The second-order valence-electron chi connectivity index (χ2n) is 3.59. The molecule has 0 unspecified atom stereocenters. The van der Waals surface area contributed by atoms with Crippen molar-refractivity contribution >= 4 is 0 Å². The molecule has 1 N–H and O–H groups in total. The first-order valence-corrected chi connectivity index (χ1v) is 3.94. The summed E-state index contributed by atoms with van der Waals surface area (Å²) in [7, 11) is 0. The van der Waals surface area contributed by atoms with Gasteiger partial charge in [0.25, 0.3) is 0 Å². The van der Waals surface area contributed by atoms with E-state index in [0.29, 0.717) is 6.04 Å². The van der Waals surface area contributed by atoms with Gasteiger partial charge in [0, 0.05) is 12.1 Å². The molecule has 0 aromatic carbocycles. The molecule has 0 aromatic rings. The van der Waals surface area contributed by atoms with Gasteiger partial charge in [0.2, 0.25) is 0 Å². The minimum absolute atomic E-state index is 0.669. The van der Waals surface area contributed by atoms with Crippen LogP contribution >= 0.6 is 0 Å². The van der Waals surface area contributed by atoms with Crippen molar-refractivity contribution in [2.24, 2.45) is 5.92 Å². The molecule has 0 aromatic heterocycles. The maximum Gasteiger partial charge on any atom is 0.00745 e. The van der Waals surface area contributed by atoms with Crippen LogP contribution in [0.25, 0.3) is 0 Å². The van der Waals surface area contributed by atoms with Crippen molar-refractivity contribution < 1.29 is 0 Å². The van der Waals surface area contributed by atoms with E-state index < -0.39 is 0 Å². The second-order valence-corrected chi connectivity index (χ2v) is 3.59. The maximum absolute atomic E-state index is 3.51. The molecule has 9 heavy (non-hydrogen) atoms. The van der Waals surface area contributed by atoms with E-state index in [9.17, 15) is 0 Å². The molecule has 1 rings (SSSR count). The highest BCUT2D eigenvalue weighted by atomic mass is 14.9. The third-order valence-corrected chi connectivity index (χ3v) is 1.94. The fourth-order valence-corrected chi connectivity index (χ4v) is 1.51. The first-order chi connectivity index (χ1) is 4.18. The molecule has 0 saturated heterocycles. The Morgan fingerprint density at radius 1 is 1.33 bits per heavy atom. The number of hydrogen-bond acceptors (Lipinski definition) is 1. The molecule has 0 atom stereocenters. The van der Waals surface area contributed by atoms with E-state index in [4.69, 9.17) is 0 Å². The van der Waals surface area contributed by atoms with Crippen LogP contribution in [0.2, 0.25) is 0 Å². The van der Waals surface area contributed by atoms with Crippen LogP contribution in [0.5, 0.6) is 0 Å². The minimum atomic E-state index is 0.669. The zero-order chi connectivity index (χ0) is 6.85. The number of hydrogen-bond donors (Lipinski definition) is 1. The molecule has 0 heterocycles. The quantitative estimate of drug-likeness (QED) is 0.596. The summed E-state index contributed by atoms with van der Waals surface area (Å²) in [4.78, 5) is 0. The molecule has 0 amide bonds. The first kappa shape index (κ1) is 7.07. The Morgan fingerprint density at radius 3 is 2.22 bits per heavy atom. The lowest BCUT2D eigenvalue weighted by Crippen LogP contribution is -2.43. The van der Waals surface area contributed by atoms with Crippen LogP contribution in [-0.2, 0) is 0 Å². The lowest BCUT2D eigenvalue weighted by molar-refractivity contribution is 0.229. The van der Waals surface area contributed by atoms with Crippen molar-refractivity contribution in [2.75, 3.05) is 0 Å². The summed E-state index contributed by atoms with van der Waals surface area (Å²) in [5.41, 5.74) is 0. The summed E-state index contributed by atoms with van der Waals surface area (Å²) in [5.74, 6) is 0.973. The Morgan fingerprint density at radius 2 is 1.89 bits per heavy atom. The van der Waals surface area contributed by atoms with Crippen molar-refractivity contribution in [1.29, 1.82) is 0 Å². The van der Waals surface area contributed by atoms with Crippen LogP contribution in [0.4, 0.5) is 0 Å². The van der Waals surface area contributed by atoms with Gasteiger partial charge >= 0.3 is 0 Å². The fraction of sp³-hybridized carbons (Fsp3) is 1.00. The third kappa shape index (κ3) is 1.98. The summed E-state index contributed by atoms with van der Waals surface area (Å²) >= 11 is 0. The van der Waals surface area contributed by atoms with Gasteiger partial charge in [-0.05, 0) is 18.8 Å². The highest BCUT2D eigenvalue weighted by molar-refractivity contribution is 4.82. The van der Waals surface area contributed by atoms with Gasteiger partial charge in [-0.1, -0.05) is 20.8 Å². The summed E-state index contributed by atoms with van der Waals surface area (Å²) in [5, 5.41) is 3.51. The van der Waals surface area contributed by atoms with Crippen molar-refractivity contribution in [2.45, 2.75) is 45.7 Å². The van der Waals surface area contributed by atoms with Gasteiger partial charge in [0.05, 0.1) is 0 Å². The van der Waals surface area contributed by atoms with Crippen molar-refractivity contribution in [1.82, 2.24) is 5.32 Å². The highest BCUT2D eigenvalue weighted by Crippen LogP contribution is 2.26. The predicted octanol–water partition coefficient (Wildman–Crippen LogP) is 1.78. The molecule has 0 radical (unpaired) electrons. The standard InChI is InChI=1S/C8H17N/c1-6(2)9-8-4-7(3)5-8/h6-9H,4-5H2,1-3H3/t7-,8-. The van der Waals surface area contributed by atoms with Crippen LogP contribution in [0.3, 0.4) is 0 Å². The fourth-order valence-electron chi connectivity index (χ4n) is 1.51. The van der Waals surface area contributed by atoms with Gasteiger partial charge in [0.1, 0.15) is 0 Å². The predicted molar refractivity (Wildman–Crippen MR) is 40.5 cm³/mol. The normalized spacial score (nSPS) is 34.7. The van der Waals surface area contributed by atoms with E-state index >= 15 is 0 Å². The van der Waals surface area contributed by atoms with Gasteiger partial charge < -0.3 is 5.32 Å². The van der Waals surface area contributed by atoms with Crippen LogP contribution in [-0.4, -0.2) is 12.1 Å². The maximum atomic E-state index is 3.51. The lowest BCUT2D eigenvalue weighted by Gasteiger charge is -2.34. The third-order valence-electron chi connectivity index (χ3n) is 1.94. The molecule has 0 aliphatic heterocycles. The number of nitrogens with one attached hydrogen (secondary N) is 1. The highest BCUT2D eigenvalue weighted by Gasteiger charge is 2.24. The molecule has 1 fully saturated rings. The second kappa shape index (κ2) is 2.70. The summed E-state index contributed by atoms with van der Waals surface area (Å²) in [6.45, 7) is 6.74. The van der Waals surface area contributed by atoms with E-state index in [-0.39, 0.29) is 0 Å². The van der Waals surface area contributed by atoms with E-state index in [2.05, 4.69) is 26.1 Å². The Kier molecular flexibility index (Phi) is 2.12. The molecule has 0 spiro atoms. The molecule has 1 nitrogen and oxygen atoms in total. The van der Waals surface area contributed by atoms with E-state index in [1.807, 2.05) is 0 Å². The molecule has 0 bridgehead atoms. The van der Waals surface area contributed by atoms with Crippen LogP contribution < -0.4 is 5.32 Å². The van der Waals surface area contributed by atoms with Crippen LogP contribution in [0.1, 0.15) is 33.6 Å². The van der Waals surface area contributed by atoms with Crippen molar-refractivity contribution in [3.8, 4) is 0 Å². The smallest absolute Gasteiger partial charge is 0.00745 e. The zero-order valence-corrected chi connectivity index (χ0v) is 6.65. The molecule has 1 heteroatoms. The Bertz CT molecular complexity index is 82.6. The molecule has 1 saturated carbocycles. The van der Waals surface area contributed by atoms with Crippen molar-refractivity contribution in [3.63, 3.8) is 0 Å². The van der Waals surface area contributed by atoms with Gasteiger partial charge in [-0.15, -0.1) is 0 Å². The van der Waals surface area contributed by atoms with Crippen molar-refractivity contribution in [3.05, 3.63) is 0 Å². The first-order valence-electron chi connectivity index (χ1n) is 3.94. The number of rotatable bonds is 2. The Hall–Kier alpha value is -0.0400. The van der Waals surface area contributed by atoms with E-state index in [1.165, 1.54) is 12.8 Å². The van der Waals surface area contributed by atoms with Gasteiger partial charge in [0.15, 0.2) is 0 Å². The molecular weight excluding hydrogens is 110 g/mol. The van der Waals surface area contributed by atoms with Gasteiger partial charge in [-0.25, -0.2) is 0 Å². The largest absolute Gasteiger partial charge is 0.312 e. The molecule has 1 aliphatic carbocycles. The zero-order valence-electron chi connectivity index (χ0n) is 6.65.